The van der Waals surface area contributed by atoms with Gasteiger partial charge in [0.1, 0.15) is 21.9 Å². The van der Waals surface area contributed by atoms with Crippen LogP contribution in [-0.2, 0) is 16.0 Å². The Kier molecular flexibility index (Phi) is 6.56. The molecule has 3 aromatic rings. The first-order chi connectivity index (χ1) is 14.7. The quantitative estimate of drug-likeness (QED) is 0.580. The number of anilines is 1. The summed E-state index contributed by atoms with van der Waals surface area (Å²) in [4.78, 5) is 24.8. The molecule has 3 heterocycles. The molecule has 30 heavy (non-hydrogen) atoms. The fraction of sp³-hybridized carbons (Fsp3) is 0.409. The van der Waals surface area contributed by atoms with E-state index < -0.39 is 0 Å². The maximum atomic E-state index is 12.2. The Morgan fingerprint density at radius 3 is 2.97 bits per heavy atom. The number of benzene rings is 1. The van der Waals surface area contributed by atoms with Crippen LogP contribution in [-0.4, -0.2) is 59.8 Å². The molecule has 1 aliphatic rings. The summed E-state index contributed by atoms with van der Waals surface area (Å²) < 4.78 is 11.1. The topological polar surface area (TPSA) is 76.6 Å². The van der Waals surface area contributed by atoms with Crippen molar-refractivity contribution in [2.75, 3.05) is 38.2 Å². The second-order valence-corrected chi connectivity index (χ2v) is 8.27. The fourth-order valence-electron chi connectivity index (χ4n) is 3.70. The normalized spacial score (nSPS) is 17.2. The summed E-state index contributed by atoms with van der Waals surface area (Å²) in [7, 11) is 0. The summed E-state index contributed by atoms with van der Waals surface area (Å²) in [5.74, 6) is 0.421. The van der Waals surface area contributed by atoms with Crippen molar-refractivity contribution in [3.8, 4) is 0 Å². The molecule has 2 aromatic heterocycles. The highest BCUT2D eigenvalue weighted by Gasteiger charge is 2.23. The lowest BCUT2D eigenvalue weighted by atomic mass is 10.2. The molecule has 1 aliphatic heterocycles. The zero-order chi connectivity index (χ0) is 20.9. The van der Waals surface area contributed by atoms with E-state index in [1.165, 1.54) is 23.2 Å². The number of fused-ring (bicyclic) bond motifs is 1. The number of carbonyl (C=O) groups is 1. The third-order valence-corrected chi connectivity index (χ3v) is 6.34. The van der Waals surface area contributed by atoms with Crippen molar-refractivity contribution in [1.29, 1.82) is 0 Å². The van der Waals surface area contributed by atoms with Gasteiger partial charge in [-0.3, -0.25) is 4.90 Å². The van der Waals surface area contributed by atoms with E-state index in [0.717, 1.165) is 41.2 Å². The number of morpholine rings is 1. The number of rotatable bonds is 7. The van der Waals surface area contributed by atoms with Crippen LogP contribution in [0, 0.1) is 6.92 Å². The predicted octanol–water partition coefficient (Wildman–Crippen LogP) is 3.49. The molecule has 1 fully saturated rings. The summed E-state index contributed by atoms with van der Waals surface area (Å²) >= 11 is 1.34. The zero-order valence-corrected chi connectivity index (χ0v) is 18.1. The van der Waals surface area contributed by atoms with Gasteiger partial charge in [-0.2, -0.15) is 0 Å². The Hall–Kier alpha value is -2.55. The second kappa shape index (κ2) is 9.51. The minimum atomic E-state index is -0.309. The number of nitrogens with one attached hydrogen (secondary N) is 1. The van der Waals surface area contributed by atoms with Gasteiger partial charge in [0.15, 0.2) is 0 Å². The van der Waals surface area contributed by atoms with Crippen LogP contribution in [0.25, 0.3) is 10.2 Å². The largest absolute Gasteiger partial charge is 0.462 e. The maximum Gasteiger partial charge on any atom is 0.348 e. The first-order valence-corrected chi connectivity index (χ1v) is 11.0. The standard InChI is InChI=1S/C22H26N4O3S/c1-3-28-22(27)19-15(2)18-20(24-14-25-21(18)30-19)23-11-17-13-26(9-10-29-17)12-16-7-5-4-6-8-16/h4-8,14,17H,3,9-13H2,1-2H3,(H,23,24,25). The van der Waals surface area contributed by atoms with Gasteiger partial charge >= 0.3 is 5.97 Å². The lowest BCUT2D eigenvalue weighted by Crippen LogP contribution is -2.44. The monoisotopic (exact) mass is 426 g/mol. The molecular formula is C22H26N4O3S. The Morgan fingerprint density at radius 1 is 1.33 bits per heavy atom. The fourth-order valence-corrected chi connectivity index (χ4v) is 4.74. The molecule has 0 radical (unpaired) electrons. The predicted molar refractivity (Wildman–Crippen MR) is 118 cm³/mol. The molecule has 0 bridgehead atoms. The molecule has 0 saturated carbocycles. The Labute approximate surface area is 180 Å². The molecule has 7 nitrogen and oxygen atoms in total. The molecular weight excluding hydrogens is 400 g/mol. The van der Waals surface area contributed by atoms with Crippen molar-refractivity contribution in [2.45, 2.75) is 26.5 Å². The van der Waals surface area contributed by atoms with Gasteiger partial charge in [-0.15, -0.1) is 11.3 Å². The SMILES string of the molecule is CCOC(=O)c1sc2ncnc(NCC3CN(Cc4ccccc4)CCO3)c2c1C. The maximum absolute atomic E-state index is 12.2. The molecule has 4 rings (SSSR count). The number of thiophene rings is 1. The summed E-state index contributed by atoms with van der Waals surface area (Å²) in [6, 6.07) is 10.5. The summed E-state index contributed by atoms with van der Waals surface area (Å²) in [5, 5.41) is 4.30. The lowest BCUT2D eigenvalue weighted by molar-refractivity contribution is -0.0240. The highest BCUT2D eigenvalue weighted by Crippen LogP contribution is 2.33. The number of nitrogens with zero attached hydrogens (tertiary/aromatic N) is 3. The second-order valence-electron chi connectivity index (χ2n) is 7.27. The Balaban J connectivity index is 1.43. The van der Waals surface area contributed by atoms with Crippen LogP contribution in [0.5, 0.6) is 0 Å². The number of hydrogen-bond acceptors (Lipinski definition) is 8. The van der Waals surface area contributed by atoms with Gasteiger partial charge in [0.25, 0.3) is 0 Å². The first-order valence-electron chi connectivity index (χ1n) is 10.2. The van der Waals surface area contributed by atoms with Crippen LogP contribution >= 0.6 is 11.3 Å². The van der Waals surface area contributed by atoms with E-state index in [-0.39, 0.29) is 12.1 Å². The van der Waals surface area contributed by atoms with Crippen molar-refractivity contribution >= 4 is 33.3 Å². The van der Waals surface area contributed by atoms with Crippen molar-refractivity contribution < 1.29 is 14.3 Å². The number of ether oxygens (including phenoxy) is 2. The van der Waals surface area contributed by atoms with Crippen molar-refractivity contribution in [2.24, 2.45) is 0 Å². The van der Waals surface area contributed by atoms with Gasteiger partial charge < -0.3 is 14.8 Å². The number of aryl methyl sites for hydroxylation is 1. The zero-order valence-electron chi connectivity index (χ0n) is 17.3. The van der Waals surface area contributed by atoms with Gasteiger partial charge in [0.2, 0.25) is 0 Å². The highest BCUT2D eigenvalue weighted by atomic mass is 32.1. The van der Waals surface area contributed by atoms with E-state index in [1.54, 1.807) is 6.92 Å². The molecule has 8 heteroatoms. The minimum Gasteiger partial charge on any atom is -0.462 e. The van der Waals surface area contributed by atoms with E-state index in [1.807, 2.05) is 13.0 Å². The number of aromatic nitrogens is 2. The van der Waals surface area contributed by atoms with Crippen molar-refractivity contribution in [3.63, 3.8) is 0 Å². The molecule has 1 aromatic carbocycles. The van der Waals surface area contributed by atoms with Gasteiger partial charge in [-0.05, 0) is 25.0 Å². The number of carbonyl (C=O) groups excluding carboxylic acids is 1. The van der Waals surface area contributed by atoms with Crippen LogP contribution < -0.4 is 5.32 Å². The Morgan fingerprint density at radius 2 is 2.17 bits per heavy atom. The Bertz CT molecular complexity index is 1010. The smallest absolute Gasteiger partial charge is 0.348 e. The van der Waals surface area contributed by atoms with Gasteiger partial charge in [-0.25, -0.2) is 14.8 Å². The molecule has 1 atom stereocenters. The van der Waals surface area contributed by atoms with E-state index in [9.17, 15) is 4.79 Å². The molecule has 1 unspecified atom stereocenters. The molecule has 0 spiro atoms. The summed E-state index contributed by atoms with van der Waals surface area (Å²) in [6.07, 6.45) is 1.59. The average Bonchev–Trinajstić information content (AvgIpc) is 3.11. The van der Waals surface area contributed by atoms with Crippen molar-refractivity contribution in [1.82, 2.24) is 14.9 Å². The average molecular weight is 427 g/mol. The number of hydrogen-bond donors (Lipinski definition) is 1. The lowest BCUT2D eigenvalue weighted by Gasteiger charge is -2.33. The van der Waals surface area contributed by atoms with Gasteiger partial charge in [0, 0.05) is 26.2 Å². The molecule has 1 N–H and O–H groups in total. The molecule has 1 saturated heterocycles. The van der Waals surface area contributed by atoms with Crippen LogP contribution in [0.2, 0.25) is 0 Å². The highest BCUT2D eigenvalue weighted by molar-refractivity contribution is 7.20. The van der Waals surface area contributed by atoms with Crippen molar-refractivity contribution in [3.05, 3.63) is 52.7 Å². The third kappa shape index (κ3) is 4.61. The molecule has 0 aliphatic carbocycles. The summed E-state index contributed by atoms with van der Waals surface area (Å²) in [6.45, 7) is 8.12. The van der Waals surface area contributed by atoms with E-state index in [2.05, 4.69) is 44.5 Å². The van der Waals surface area contributed by atoms with Crippen LogP contribution in [0.1, 0.15) is 27.7 Å². The van der Waals surface area contributed by atoms with E-state index in [4.69, 9.17) is 9.47 Å². The molecule has 158 valence electrons. The number of esters is 1. The minimum absolute atomic E-state index is 0.0657. The van der Waals surface area contributed by atoms with Crippen LogP contribution in [0.3, 0.4) is 0 Å². The van der Waals surface area contributed by atoms with Gasteiger partial charge in [0.05, 0.1) is 24.7 Å². The summed E-state index contributed by atoms with van der Waals surface area (Å²) in [5.41, 5.74) is 2.16. The first kappa shape index (κ1) is 20.7. The van der Waals surface area contributed by atoms with E-state index in [0.29, 0.717) is 24.6 Å². The van der Waals surface area contributed by atoms with Gasteiger partial charge in [-0.1, -0.05) is 30.3 Å². The van der Waals surface area contributed by atoms with Crippen LogP contribution in [0.15, 0.2) is 36.7 Å². The van der Waals surface area contributed by atoms with Crippen LogP contribution in [0.4, 0.5) is 5.82 Å². The van der Waals surface area contributed by atoms with E-state index >= 15 is 0 Å². The third-order valence-electron chi connectivity index (χ3n) is 5.16. The molecule has 0 amide bonds.